The molecule has 2 N–H and O–H groups in total. The number of rotatable bonds is 4. The third-order valence-corrected chi connectivity index (χ3v) is 5.72. The molecule has 0 aromatic heterocycles. The van der Waals surface area contributed by atoms with Crippen molar-refractivity contribution < 1.29 is 27.8 Å². The van der Waals surface area contributed by atoms with Gasteiger partial charge in [-0.3, -0.25) is 4.79 Å². The van der Waals surface area contributed by atoms with Crippen LogP contribution in [0, 0.1) is 0 Å². The molecule has 2 saturated heterocycles. The standard InChI is InChI=1S/C22H23F3N2O3/c23-22(24,25)17-5-7-18(8-6-17)30-19-9-11-27(12-10-19)20(28)15-1-3-16(4-2-15)21(29)13-26-14-21/h1-8,19,26,29H,9-14H2. The molecule has 0 atom stereocenters. The lowest BCUT2D eigenvalue weighted by Crippen LogP contribution is -2.56. The van der Waals surface area contributed by atoms with Crippen molar-refractivity contribution in [2.45, 2.75) is 30.7 Å². The topological polar surface area (TPSA) is 61.8 Å². The summed E-state index contributed by atoms with van der Waals surface area (Å²) in [5.41, 5.74) is -0.199. The minimum Gasteiger partial charge on any atom is -0.490 e. The molecule has 0 saturated carbocycles. The number of ether oxygens (including phenoxy) is 1. The molecule has 160 valence electrons. The summed E-state index contributed by atoms with van der Waals surface area (Å²) >= 11 is 0. The first-order chi connectivity index (χ1) is 14.2. The monoisotopic (exact) mass is 420 g/mol. The first kappa shape index (κ1) is 20.7. The Hall–Kier alpha value is -2.58. The number of benzene rings is 2. The van der Waals surface area contributed by atoms with Gasteiger partial charge in [0.15, 0.2) is 0 Å². The number of hydrogen-bond acceptors (Lipinski definition) is 4. The third-order valence-electron chi connectivity index (χ3n) is 5.72. The number of β-amino-alcohol motifs (C(OH)–C–C–N with tert-alkyl or cyclic N) is 1. The van der Waals surface area contributed by atoms with Crippen LogP contribution in [0.5, 0.6) is 5.75 Å². The molecule has 0 aliphatic carbocycles. The zero-order chi connectivity index (χ0) is 21.4. The molecule has 2 heterocycles. The predicted molar refractivity (Wildman–Crippen MR) is 104 cm³/mol. The maximum Gasteiger partial charge on any atom is 0.416 e. The van der Waals surface area contributed by atoms with Gasteiger partial charge < -0.3 is 20.1 Å². The van der Waals surface area contributed by atoms with E-state index >= 15 is 0 Å². The lowest BCUT2D eigenvalue weighted by Gasteiger charge is -2.38. The van der Waals surface area contributed by atoms with Crippen LogP contribution in [0.15, 0.2) is 48.5 Å². The van der Waals surface area contributed by atoms with E-state index in [2.05, 4.69) is 5.32 Å². The van der Waals surface area contributed by atoms with Gasteiger partial charge in [0.2, 0.25) is 0 Å². The fraction of sp³-hybridized carbons (Fsp3) is 0.409. The molecule has 1 amide bonds. The van der Waals surface area contributed by atoms with Crippen molar-refractivity contribution in [2.75, 3.05) is 26.2 Å². The number of hydrogen-bond donors (Lipinski definition) is 2. The largest absolute Gasteiger partial charge is 0.490 e. The smallest absolute Gasteiger partial charge is 0.416 e. The SMILES string of the molecule is O=C(c1ccc(C2(O)CNC2)cc1)N1CCC(Oc2ccc(C(F)(F)F)cc2)CC1. The minimum atomic E-state index is -4.37. The van der Waals surface area contributed by atoms with Crippen molar-refractivity contribution in [1.29, 1.82) is 0 Å². The van der Waals surface area contributed by atoms with Gasteiger partial charge >= 0.3 is 6.18 Å². The molecule has 4 rings (SSSR count). The van der Waals surface area contributed by atoms with Crippen molar-refractivity contribution in [3.63, 3.8) is 0 Å². The quantitative estimate of drug-likeness (QED) is 0.798. The summed E-state index contributed by atoms with van der Waals surface area (Å²) in [5, 5.41) is 13.4. The van der Waals surface area contributed by atoms with Crippen molar-refractivity contribution in [1.82, 2.24) is 10.2 Å². The Morgan fingerprint density at radius 1 is 1.03 bits per heavy atom. The second kappa shape index (κ2) is 7.92. The second-order valence-electron chi connectivity index (χ2n) is 7.84. The van der Waals surface area contributed by atoms with Gasteiger partial charge in [-0.2, -0.15) is 13.2 Å². The molecule has 0 radical (unpaired) electrons. The van der Waals surface area contributed by atoms with Crippen molar-refractivity contribution in [3.8, 4) is 5.75 Å². The number of halogens is 3. The summed E-state index contributed by atoms with van der Waals surface area (Å²) in [7, 11) is 0. The predicted octanol–water partition coefficient (Wildman–Crippen LogP) is 3.18. The molecule has 2 aromatic rings. The number of aliphatic hydroxyl groups is 1. The van der Waals surface area contributed by atoms with E-state index in [1.54, 1.807) is 29.2 Å². The summed E-state index contributed by atoms with van der Waals surface area (Å²) in [4.78, 5) is 14.5. The lowest BCUT2D eigenvalue weighted by atomic mass is 9.88. The third kappa shape index (κ3) is 4.29. The Balaban J connectivity index is 1.30. The van der Waals surface area contributed by atoms with Gasteiger partial charge in [0, 0.05) is 44.6 Å². The fourth-order valence-corrected chi connectivity index (χ4v) is 3.76. The number of nitrogens with one attached hydrogen (secondary N) is 1. The second-order valence-corrected chi connectivity index (χ2v) is 7.84. The highest BCUT2D eigenvalue weighted by atomic mass is 19.4. The number of likely N-dealkylation sites (tertiary alicyclic amines) is 1. The van der Waals surface area contributed by atoms with Crippen LogP contribution >= 0.6 is 0 Å². The van der Waals surface area contributed by atoms with E-state index in [-0.39, 0.29) is 12.0 Å². The van der Waals surface area contributed by atoms with Gasteiger partial charge in [0.05, 0.1) is 5.56 Å². The van der Waals surface area contributed by atoms with Crippen molar-refractivity contribution >= 4 is 5.91 Å². The number of nitrogens with zero attached hydrogens (tertiary/aromatic N) is 1. The van der Waals surface area contributed by atoms with Crippen LogP contribution in [-0.2, 0) is 11.8 Å². The molecule has 2 fully saturated rings. The zero-order valence-corrected chi connectivity index (χ0v) is 16.3. The van der Waals surface area contributed by atoms with Crippen LogP contribution in [0.2, 0.25) is 0 Å². The summed E-state index contributed by atoms with van der Waals surface area (Å²) in [6.45, 7) is 2.04. The number of carbonyl (C=O) groups excluding carboxylic acids is 1. The summed E-state index contributed by atoms with van der Waals surface area (Å²) < 4.78 is 43.7. The van der Waals surface area contributed by atoms with Crippen molar-refractivity contribution in [3.05, 3.63) is 65.2 Å². The maximum absolute atomic E-state index is 12.7. The van der Waals surface area contributed by atoms with E-state index in [0.717, 1.165) is 17.7 Å². The molecule has 8 heteroatoms. The van der Waals surface area contributed by atoms with E-state index in [1.807, 2.05) is 0 Å². The highest BCUT2D eigenvalue weighted by molar-refractivity contribution is 5.94. The highest BCUT2D eigenvalue weighted by Crippen LogP contribution is 2.31. The molecule has 2 aromatic carbocycles. The molecule has 5 nitrogen and oxygen atoms in total. The average molecular weight is 420 g/mol. The Bertz CT molecular complexity index is 885. The van der Waals surface area contributed by atoms with Crippen LogP contribution in [-0.4, -0.2) is 48.2 Å². The number of carbonyl (C=O) groups is 1. The first-order valence-electron chi connectivity index (χ1n) is 9.91. The Morgan fingerprint density at radius 3 is 2.13 bits per heavy atom. The normalized spacial score (nSPS) is 19.3. The molecular formula is C22H23F3N2O3. The van der Waals surface area contributed by atoms with E-state index in [1.165, 1.54) is 12.1 Å². The van der Waals surface area contributed by atoms with Gasteiger partial charge in [-0.15, -0.1) is 0 Å². The zero-order valence-electron chi connectivity index (χ0n) is 16.3. The Morgan fingerprint density at radius 2 is 1.63 bits per heavy atom. The number of piperidine rings is 1. The highest BCUT2D eigenvalue weighted by Gasteiger charge is 2.36. The summed E-state index contributed by atoms with van der Waals surface area (Å²) in [6, 6.07) is 11.7. The van der Waals surface area contributed by atoms with Crippen LogP contribution in [0.3, 0.4) is 0 Å². The van der Waals surface area contributed by atoms with Crippen LogP contribution in [0.25, 0.3) is 0 Å². The Labute approximate surface area is 172 Å². The Kier molecular flexibility index (Phi) is 5.46. The first-order valence-corrected chi connectivity index (χ1v) is 9.91. The van der Waals surface area contributed by atoms with E-state index in [0.29, 0.717) is 50.3 Å². The molecule has 30 heavy (non-hydrogen) atoms. The van der Waals surface area contributed by atoms with Crippen LogP contribution < -0.4 is 10.1 Å². The molecule has 2 aliphatic heterocycles. The molecule has 0 bridgehead atoms. The lowest BCUT2D eigenvalue weighted by molar-refractivity contribution is -0.137. The summed E-state index contributed by atoms with van der Waals surface area (Å²) in [5.74, 6) is 0.319. The fourth-order valence-electron chi connectivity index (χ4n) is 3.76. The summed E-state index contributed by atoms with van der Waals surface area (Å²) in [6.07, 6.45) is -3.30. The maximum atomic E-state index is 12.7. The van der Waals surface area contributed by atoms with Gasteiger partial charge in [-0.05, 0) is 42.0 Å². The van der Waals surface area contributed by atoms with Gasteiger partial charge in [-0.25, -0.2) is 0 Å². The number of alkyl halides is 3. The minimum absolute atomic E-state index is 0.0757. The number of amides is 1. The van der Waals surface area contributed by atoms with Gasteiger partial charge in [0.1, 0.15) is 17.5 Å². The average Bonchev–Trinajstić information content (AvgIpc) is 2.72. The van der Waals surface area contributed by atoms with E-state index in [4.69, 9.17) is 4.74 Å². The molecule has 0 unspecified atom stereocenters. The molecule has 2 aliphatic rings. The van der Waals surface area contributed by atoms with E-state index < -0.39 is 17.3 Å². The van der Waals surface area contributed by atoms with Gasteiger partial charge in [-0.1, -0.05) is 12.1 Å². The van der Waals surface area contributed by atoms with Crippen LogP contribution in [0.4, 0.5) is 13.2 Å². The van der Waals surface area contributed by atoms with Crippen LogP contribution in [0.1, 0.15) is 34.3 Å². The van der Waals surface area contributed by atoms with E-state index in [9.17, 15) is 23.1 Å². The van der Waals surface area contributed by atoms with Gasteiger partial charge in [0.25, 0.3) is 5.91 Å². The molecular weight excluding hydrogens is 397 g/mol. The van der Waals surface area contributed by atoms with Crippen molar-refractivity contribution in [2.24, 2.45) is 0 Å². The molecule has 0 spiro atoms.